The molecule has 5 nitrogen and oxygen atoms in total. The maximum atomic E-state index is 13.0. The fourth-order valence-corrected chi connectivity index (χ4v) is 1.43. The number of ether oxygens (including phenoxy) is 1. The molecule has 0 radical (unpaired) electrons. The van der Waals surface area contributed by atoms with Crippen molar-refractivity contribution in [3.8, 4) is 0 Å². The van der Waals surface area contributed by atoms with E-state index in [2.05, 4.69) is 15.6 Å². The third-order valence-electron chi connectivity index (χ3n) is 2.29. The third-order valence-corrected chi connectivity index (χ3v) is 2.29. The van der Waals surface area contributed by atoms with Crippen molar-refractivity contribution in [1.82, 2.24) is 10.3 Å². The number of hydrogen-bond donors (Lipinski definition) is 2. The first-order valence-electron chi connectivity index (χ1n) is 5.88. The minimum atomic E-state index is -0.534. The molecule has 6 heteroatoms. The van der Waals surface area contributed by atoms with Crippen LogP contribution in [0.25, 0.3) is 0 Å². The van der Waals surface area contributed by atoms with E-state index in [4.69, 9.17) is 4.74 Å². The number of nitrogens with one attached hydrogen (secondary N) is 2. The second-order valence-corrected chi connectivity index (χ2v) is 3.61. The van der Waals surface area contributed by atoms with Crippen LogP contribution < -0.4 is 10.6 Å². The fraction of sp³-hybridized carbons (Fsp3) is 0.500. The van der Waals surface area contributed by atoms with Crippen LogP contribution in [0.4, 0.5) is 10.2 Å². The lowest BCUT2D eigenvalue weighted by molar-refractivity contribution is 0.0944. The van der Waals surface area contributed by atoms with E-state index >= 15 is 0 Å². The summed E-state index contributed by atoms with van der Waals surface area (Å²) in [6.45, 7) is 3.65. The molecule has 1 amide bonds. The number of rotatable bonds is 7. The Bertz CT molecular complexity index is 399. The average molecular weight is 255 g/mol. The molecule has 0 fully saturated rings. The molecule has 1 rings (SSSR count). The van der Waals surface area contributed by atoms with Crippen molar-refractivity contribution in [2.45, 2.75) is 13.3 Å². The summed E-state index contributed by atoms with van der Waals surface area (Å²) in [4.78, 5) is 15.6. The number of aromatic nitrogens is 1. The van der Waals surface area contributed by atoms with Crippen LogP contribution in [0, 0.1) is 5.82 Å². The Morgan fingerprint density at radius 3 is 3.00 bits per heavy atom. The van der Waals surface area contributed by atoms with Gasteiger partial charge in [-0.05, 0) is 19.4 Å². The summed E-state index contributed by atoms with van der Waals surface area (Å²) in [7, 11) is 1.63. The molecule has 0 aliphatic rings. The summed E-state index contributed by atoms with van der Waals surface area (Å²) < 4.78 is 18.2. The van der Waals surface area contributed by atoms with Gasteiger partial charge < -0.3 is 15.4 Å². The molecule has 0 saturated heterocycles. The van der Waals surface area contributed by atoms with Crippen molar-refractivity contribution in [3.05, 3.63) is 23.6 Å². The van der Waals surface area contributed by atoms with Gasteiger partial charge in [0.25, 0.3) is 5.91 Å². The molecule has 0 atom stereocenters. The van der Waals surface area contributed by atoms with E-state index < -0.39 is 5.82 Å². The molecule has 0 spiro atoms. The fourth-order valence-electron chi connectivity index (χ4n) is 1.43. The van der Waals surface area contributed by atoms with Crippen LogP contribution >= 0.6 is 0 Å². The minimum absolute atomic E-state index is 0.203. The zero-order valence-corrected chi connectivity index (χ0v) is 10.6. The van der Waals surface area contributed by atoms with Crippen molar-refractivity contribution in [3.63, 3.8) is 0 Å². The topological polar surface area (TPSA) is 63.2 Å². The van der Waals surface area contributed by atoms with E-state index in [0.717, 1.165) is 18.7 Å². The number of carbonyl (C=O) groups excluding carboxylic acids is 1. The number of nitrogens with zero attached hydrogens (tertiary/aromatic N) is 1. The predicted molar refractivity (Wildman–Crippen MR) is 67.2 cm³/mol. The second-order valence-electron chi connectivity index (χ2n) is 3.61. The van der Waals surface area contributed by atoms with Crippen LogP contribution in [0.3, 0.4) is 0 Å². The maximum absolute atomic E-state index is 13.0. The predicted octanol–water partition coefficient (Wildman–Crippen LogP) is 1.42. The van der Waals surface area contributed by atoms with Crippen molar-refractivity contribution in [1.29, 1.82) is 0 Å². The molecule has 2 N–H and O–H groups in total. The third kappa shape index (κ3) is 4.29. The number of pyridine rings is 1. The van der Waals surface area contributed by atoms with Gasteiger partial charge in [0.2, 0.25) is 0 Å². The normalized spacial score (nSPS) is 10.2. The smallest absolute Gasteiger partial charge is 0.255 e. The van der Waals surface area contributed by atoms with Crippen molar-refractivity contribution in [2.75, 3.05) is 32.1 Å². The van der Waals surface area contributed by atoms with E-state index in [-0.39, 0.29) is 11.5 Å². The molecule has 1 aromatic rings. The molecule has 1 heterocycles. The van der Waals surface area contributed by atoms with Crippen LogP contribution in [-0.2, 0) is 4.74 Å². The van der Waals surface area contributed by atoms with Crippen LogP contribution in [-0.4, -0.2) is 37.7 Å². The molecule has 1 aromatic heterocycles. The van der Waals surface area contributed by atoms with Crippen molar-refractivity contribution < 1.29 is 13.9 Å². The molecular formula is C12H18FN3O2. The SMILES string of the molecule is CCOCCCNC(=O)c1cc(F)cnc1NC. The summed E-state index contributed by atoms with van der Waals surface area (Å²) in [6.07, 6.45) is 1.79. The van der Waals surface area contributed by atoms with E-state index in [1.54, 1.807) is 7.05 Å². The average Bonchev–Trinajstić information content (AvgIpc) is 2.38. The lowest BCUT2D eigenvalue weighted by atomic mass is 10.2. The highest BCUT2D eigenvalue weighted by Crippen LogP contribution is 2.12. The number of amides is 1. The quantitative estimate of drug-likeness (QED) is 0.723. The Kier molecular flexibility index (Phi) is 6.07. The Morgan fingerprint density at radius 2 is 2.33 bits per heavy atom. The van der Waals surface area contributed by atoms with Crippen molar-refractivity contribution in [2.24, 2.45) is 0 Å². The molecule has 0 unspecified atom stereocenters. The zero-order chi connectivity index (χ0) is 13.4. The molecule has 0 aromatic carbocycles. The molecule has 0 saturated carbocycles. The summed E-state index contributed by atoms with van der Waals surface area (Å²) in [5, 5.41) is 5.45. The van der Waals surface area contributed by atoms with E-state index in [1.807, 2.05) is 6.92 Å². The summed E-state index contributed by atoms with van der Waals surface area (Å²) in [5.74, 6) is -0.518. The molecular weight excluding hydrogens is 237 g/mol. The number of carbonyl (C=O) groups is 1. The Hall–Kier alpha value is -1.69. The van der Waals surface area contributed by atoms with Gasteiger partial charge in [-0.1, -0.05) is 0 Å². The van der Waals surface area contributed by atoms with Gasteiger partial charge in [0.15, 0.2) is 0 Å². The van der Waals surface area contributed by atoms with Gasteiger partial charge in [-0.2, -0.15) is 0 Å². The molecule has 0 bridgehead atoms. The number of hydrogen-bond acceptors (Lipinski definition) is 4. The standard InChI is InChI=1S/C12H18FN3O2/c1-3-18-6-4-5-15-12(17)10-7-9(13)8-16-11(10)14-2/h7-8H,3-6H2,1-2H3,(H,14,16)(H,15,17). The monoisotopic (exact) mass is 255 g/mol. The highest BCUT2D eigenvalue weighted by molar-refractivity contribution is 5.98. The first kappa shape index (κ1) is 14.4. The molecule has 18 heavy (non-hydrogen) atoms. The van der Waals surface area contributed by atoms with E-state index in [0.29, 0.717) is 25.6 Å². The first-order chi connectivity index (χ1) is 8.69. The Morgan fingerprint density at radius 1 is 1.56 bits per heavy atom. The van der Waals surface area contributed by atoms with Gasteiger partial charge in [-0.25, -0.2) is 9.37 Å². The van der Waals surface area contributed by atoms with Gasteiger partial charge in [-0.3, -0.25) is 4.79 Å². The van der Waals surface area contributed by atoms with Gasteiger partial charge in [0, 0.05) is 26.8 Å². The Labute approximate surface area is 106 Å². The molecule has 100 valence electrons. The minimum Gasteiger partial charge on any atom is -0.382 e. The van der Waals surface area contributed by atoms with E-state index in [1.165, 1.54) is 0 Å². The summed E-state index contributed by atoms with van der Waals surface area (Å²) in [6, 6.07) is 1.16. The van der Waals surface area contributed by atoms with Crippen LogP contribution in [0.5, 0.6) is 0 Å². The van der Waals surface area contributed by atoms with Crippen molar-refractivity contribution >= 4 is 11.7 Å². The number of halogens is 1. The lowest BCUT2D eigenvalue weighted by Gasteiger charge is -2.09. The zero-order valence-electron chi connectivity index (χ0n) is 10.6. The Balaban J connectivity index is 2.52. The second kappa shape index (κ2) is 7.60. The van der Waals surface area contributed by atoms with Gasteiger partial charge >= 0.3 is 0 Å². The van der Waals surface area contributed by atoms with Crippen LogP contribution in [0.15, 0.2) is 12.3 Å². The number of anilines is 1. The molecule has 0 aliphatic carbocycles. The summed E-state index contributed by atoms with van der Waals surface area (Å²) in [5.41, 5.74) is 0.203. The van der Waals surface area contributed by atoms with E-state index in [9.17, 15) is 9.18 Å². The van der Waals surface area contributed by atoms with Gasteiger partial charge in [0.1, 0.15) is 11.6 Å². The maximum Gasteiger partial charge on any atom is 0.255 e. The lowest BCUT2D eigenvalue weighted by Crippen LogP contribution is -2.26. The highest BCUT2D eigenvalue weighted by atomic mass is 19.1. The molecule has 0 aliphatic heterocycles. The summed E-state index contributed by atoms with van der Waals surface area (Å²) >= 11 is 0. The first-order valence-corrected chi connectivity index (χ1v) is 5.88. The van der Waals surface area contributed by atoms with Crippen LogP contribution in [0.2, 0.25) is 0 Å². The highest BCUT2D eigenvalue weighted by Gasteiger charge is 2.12. The van der Waals surface area contributed by atoms with Gasteiger partial charge in [-0.15, -0.1) is 0 Å². The largest absolute Gasteiger partial charge is 0.382 e. The van der Waals surface area contributed by atoms with Crippen LogP contribution in [0.1, 0.15) is 23.7 Å². The van der Waals surface area contributed by atoms with Gasteiger partial charge in [0.05, 0.1) is 11.8 Å².